The lowest BCUT2D eigenvalue weighted by atomic mass is 10.3. The second-order valence-corrected chi connectivity index (χ2v) is 4.83. The van der Waals surface area contributed by atoms with Crippen LogP contribution in [0.15, 0.2) is 29.2 Å². The summed E-state index contributed by atoms with van der Waals surface area (Å²) in [5.74, 6) is -1.06. The first-order chi connectivity index (χ1) is 9.06. The van der Waals surface area contributed by atoms with E-state index in [1.54, 1.807) is 0 Å². The molecule has 1 aromatic carbocycles. The smallest absolute Gasteiger partial charge is 0.341 e. The lowest BCUT2D eigenvalue weighted by molar-refractivity contribution is -0.384. The van der Waals surface area contributed by atoms with Gasteiger partial charge in [-0.15, -0.1) is 0 Å². The fraction of sp³-hybridized carbons (Fsp3) is 0.111. The minimum absolute atomic E-state index is 0.0833. The predicted octanol–water partition coefficient (Wildman–Crippen LogP) is -2.13. The highest BCUT2D eigenvalue weighted by Gasteiger charge is 2.18. The molecular formula is C9H13N4O6S+. The molecule has 1 aromatic rings. The second kappa shape index (κ2) is 7.04. The van der Waals surface area contributed by atoms with Gasteiger partial charge in [-0.3, -0.25) is 31.8 Å². The van der Waals surface area contributed by atoms with E-state index in [4.69, 9.17) is 0 Å². The Morgan fingerprint density at radius 1 is 1.30 bits per heavy atom. The molecule has 0 bridgehead atoms. The van der Waals surface area contributed by atoms with Crippen LogP contribution in [0, 0.1) is 10.1 Å². The number of nitrogens with zero attached hydrogens (tertiary/aromatic N) is 1. The van der Waals surface area contributed by atoms with Gasteiger partial charge in [0, 0.05) is 19.1 Å². The summed E-state index contributed by atoms with van der Waals surface area (Å²) >= 11 is 0. The number of carbonyl (C=O) groups is 1. The molecule has 0 aromatic heterocycles. The van der Waals surface area contributed by atoms with Crippen molar-refractivity contribution in [2.75, 3.05) is 0 Å². The fourth-order valence-corrected chi connectivity index (χ4v) is 1.81. The van der Waals surface area contributed by atoms with E-state index in [0.29, 0.717) is 0 Å². The summed E-state index contributed by atoms with van der Waals surface area (Å²) in [4.78, 5) is 19.8. The Labute approximate surface area is 114 Å². The summed E-state index contributed by atoms with van der Waals surface area (Å²) in [6.45, 7) is 0.947. The van der Waals surface area contributed by atoms with Gasteiger partial charge in [-0.25, -0.2) is 0 Å². The van der Waals surface area contributed by atoms with Crippen molar-refractivity contribution in [3.8, 4) is 0 Å². The van der Waals surface area contributed by atoms with E-state index in [1.165, 1.54) is 0 Å². The molecule has 11 heteroatoms. The molecule has 0 radical (unpaired) electrons. The summed E-state index contributed by atoms with van der Waals surface area (Å²) in [7, 11) is -4.17. The van der Waals surface area contributed by atoms with Crippen LogP contribution in [0.1, 0.15) is 6.92 Å². The molecule has 0 aliphatic heterocycles. The molecule has 0 spiro atoms. The third kappa shape index (κ3) is 6.30. The Kier molecular flexibility index (Phi) is 6.09. The van der Waals surface area contributed by atoms with Gasteiger partial charge in [0.25, 0.3) is 5.69 Å². The Balaban J connectivity index is 0.000000796. The largest absolute Gasteiger partial charge is 0.343 e. The standard InChI is InChI=1S/C8H7NO6S.CH5N3/c1-6(10)15-16(13,14)8-4-2-7(3-5-8)9(11)12;2-1(3)4/h2-5H,1H3;(H5,2,3,4)/p+1. The second-order valence-electron chi connectivity index (χ2n) is 3.28. The maximum absolute atomic E-state index is 11.3. The highest BCUT2D eigenvalue weighted by atomic mass is 32.2. The Morgan fingerprint density at radius 3 is 2.00 bits per heavy atom. The first-order valence-electron chi connectivity index (χ1n) is 4.89. The average molecular weight is 305 g/mol. The third-order valence-corrected chi connectivity index (χ3v) is 2.87. The zero-order valence-electron chi connectivity index (χ0n) is 10.3. The van der Waals surface area contributed by atoms with E-state index in [-0.39, 0.29) is 16.5 Å². The summed E-state index contributed by atoms with van der Waals surface area (Å²) in [6.07, 6.45) is 0. The van der Waals surface area contributed by atoms with Crippen molar-refractivity contribution in [1.29, 1.82) is 0 Å². The monoisotopic (exact) mass is 305 g/mol. The maximum Gasteiger partial charge on any atom is 0.341 e. The normalized spacial score (nSPS) is 9.85. The molecule has 0 atom stereocenters. The number of guanidine groups is 1. The minimum Gasteiger partial charge on any atom is -0.343 e. The van der Waals surface area contributed by atoms with Crippen LogP contribution >= 0.6 is 0 Å². The summed E-state index contributed by atoms with van der Waals surface area (Å²) in [6, 6.07) is 4.01. The van der Waals surface area contributed by atoms with Crippen LogP contribution in [0.3, 0.4) is 0 Å². The van der Waals surface area contributed by atoms with Crippen molar-refractivity contribution in [3.05, 3.63) is 34.4 Å². The lowest BCUT2D eigenvalue weighted by Gasteiger charge is -2.02. The summed E-state index contributed by atoms with van der Waals surface area (Å²) < 4.78 is 26.7. The molecular weight excluding hydrogens is 292 g/mol. The van der Waals surface area contributed by atoms with Crippen molar-refractivity contribution >= 4 is 27.7 Å². The van der Waals surface area contributed by atoms with Crippen LogP contribution in [0.25, 0.3) is 0 Å². The third-order valence-electron chi connectivity index (χ3n) is 1.56. The number of nitro benzene ring substituents is 1. The number of hydrogen-bond acceptors (Lipinski definition) is 6. The van der Waals surface area contributed by atoms with Gasteiger partial charge in [0.15, 0.2) is 0 Å². The Hall–Kier alpha value is -2.69. The summed E-state index contributed by atoms with van der Waals surface area (Å²) in [5.41, 5.74) is 8.92. The molecule has 10 nitrogen and oxygen atoms in total. The van der Waals surface area contributed by atoms with Gasteiger partial charge in [-0.05, 0) is 12.1 Å². The minimum atomic E-state index is -4.17. The molecule has 0 saturated heterocycles. The van der Waals surface area contributed by atoms with E-state index in [1.807, 2.05) is 0 Å². The van der Waals surface area contributed by atoms with Gasteiger partial charge in [0.1, 0.15) is 4.90 Å². The first-order valence-corrected chi connectivity index (χ1v) is 6.30. The molecule has 6 N–H and O–H groups in total. The molecule has 0 aliphatic carbocycles. The first kappa shape index (κ1) is 17.3. The number of carbonyl (C=O) groups excluding carboxylic acids is 1. The van der Waals surface area contributed by atoms with Crippen molar-refractivity contribution in [3.63, 3.8) is 0 Å². The molecule has 0 amide bonds. The van der Waals surface area contributed by atoms with Crippen LogP contribution in [0.4, 0.5) is 5.69 Å². The van der Waals surface area contributed by atoms with Crippen molar-refractivity contribution < 1.29 is 27.7 Å². The van der Waals surface area contributed by atoms with Crippen LogP contribution in [0.5, 0.6) is 0 Å². The van der Waals surface area contributed by atoms with Gasteiger partial charge < -0.3 is 4.18 Å². The zero-order valence-corrected chi connectivity index (χ0v) is 11.2. The molecule has 1 rings (SSSR count). The van der Waals surface area contributed by atoms with E-state index in [9.17, 15) is 23.3 Å². The molecule has 0 fully saturated rings. The molecule has 110 valence electrons. The highest BCUT2D eigenvalue weighted by molar-refractivity contribution is 7.87. The van der Waals surface area contributed by atoms with E-state index in [2.05, 4.69) is 21.1 Å². The van der Waals surface area contributed by atoms with Crippen LogP contribution in [0.2, 0.25) is 0 Å². The molecule has 0 heterocycles. The van der Waals surface area contributed by atoms with Gasteiger partial charge >= 0.3 is 22.0 Å². The van der Waals surface area contributed by atoms with Crippen LogP contribution in [-0.4, -0.2) is 25.3 Å². The van der Waals surface area contributed by atoms with Crippen LogP contribution < -0.4 is 16.9 Å². The number of nitro groups is 1. The van der Waals surface area contributed by atoms with Crippen molar-refractivity contribution in [1.82, 2.24) is 0 Å². The number of nitrogens with two attached hydrogens (primary N) is 3. The maximum atomic E-state index is 11.3. The number of non-ortho nitro benzene ring substituents is 1. The predicted molar refractivity (Wildman–Crippen MR) is 67.4 cm³/mol. The van der Waals surface area contributed by atoms with Gasteiger partial charge in [-0.2, -0.15) is 8.42 Å². The average Bonchev–Trinajstić information content (AvgIpc) is 2.26. The van der Waals surface area contributed by atoms with Gasteiger partial charge in [0.2, 0.25) is 0 Å². The highest BCUT2D eigenvalue weighted by Crippen LogP contribution is 2.17. The lowest BCUT2D eigenvalue weighted by Crippen LogP contribution is -2.51. The van der Waals surface area contributed by atoms with E-state index in [0.717, 1.165) is 31.2 Å². The van der Waals surface area contributed by atoms with Gasteiger partial charge in [0.05, 0.1) is 4.92 Å². The summed E-state index contributed by atoms with van der Waals surface area (Å²) in [5, 5.41) is 14.9. The number of rotatable bonds is 3. The fourth-order valence-electron chi connectivity index (χ4n) is 0.937. The molecule has 20 heavy (non-hydrogen) atoms. The Morgan fingerprint density at radius 2 is 1.70 bits per heavy atom. The quantitative estimate of drug-likeness (QED) is 0.186. The van der Waals surface area contributed by atoms with Crippen molar-refractivity contribution in [2.24, 2.45) is 11.5 Å². The van der Waals surface area contributed by atoms with E-state index >= 15 is 0 Å². The molecule has 0 saturated carbocycles. The van der Waals surface area contributed by atoms with Crippen LogP contribution in [-0.2, 0) is 19.1 Å². The SMILES string of the molecule is CC(=O)OS(=O)(=O)c1ccc([N+](=O)[O-])cc1.NC(N)=[NH2+]. The van der Waals surface area contributed by atoms with Gasteiger partial charge in [-0.1, -0.05) is 0 Å². The topological polar surface area (TPSA) is 181 Å². The number of benzene rings is 1. The van der Waals surface area contributed by atoms with E-state index < -0.39 is 21.0 Å². The zero-order chi connectivity index (χ0) is 15.9. The number of hydrogen-bond donors (Lipinski definition) is 3. The van der Waals surface area contributed by atoms with Crippen molar-refractivity contribution in [2.45, 2.75) is 11.8 Å². The Bertz CT molecular complexity index is 606. The molecule has 0 aliphatic rings. The molecule has 0 unspecified atom stereocenters.